The van der Waals surface area contributed by atoms with Gasteiger partial charge in [0.15, 0.2) is 6.29 Å². The lowest BCUT2D eigenvalue weighted by atomic mass is 9.95. The van der Waals surface area contributed by atoms with Crippen molar-refractivity contribution in [1.29, 1.82) is 0 Å². The largest absolute Gasteiger partial charge is 0.350 e. The highest BCUT2D eigenvalue weighted by Crippen LogP contribution is 2.28. The summed E-state index contributed by atoms with van der Waals surface area (Å²) in [5, 5.41) is 0. The number of hydrogen-bond donors (Lipinski definition) is 0. The van der Waals surface area contributed by atoms with E-state index in [0.717, 1.165) is 12.8 Å². The van der Waals surface area contributed by atoms with Crippen LogP contribution in [0, 0.1) is 5.92 Å². The lowest BCUT2D eigenvalue weighted by Gasteiger charge is -2.33. The van der Waals surface area contributed by atoms with E-state index in [0.29, 0.717) is 54.4 Å². The van der Waals surface area contributed by atoms with Crippen molar-refractivity contribution >= 4 is 17.7 Å². The zero-order valence-corrected chi connectivity index (χ0v) is 13.4. The van der Waals surface area contributed by atoms with Crippen LogP contribution in [0.25, 0.3) is 0 Å². The van der Waals surface area contributed by atoms with Gasteiger partial charge in [0.2, 0.25) is 0 Å². The molecule has 0 aromatic heterocycles. The fourth-order valence-electron chi connectivity index (χ4n) is 2.99. The fraction of sp³-hybridized carbons (Fsp3) is 0.562. The van der Waals surface area contributed by atoms with Crippen LogP contribution in [0.2, 0.25) is 0 Å². The quantitative estimate of drug-likeness (QED) is 0.787. The minimum absolute atomic E-state index is 0.0506. The van der Waals surface area contributed by atoms with E-state index in [9.17, 15) is 13.6 Å². The Morgan fingerprint density at radius 1 is 1.13 bits per heavy atom. The summed E-state index contributed by atoms with van der Waals surface area (Å²) >= 11 is 0.483. The Morgan fingerprint density at radius 2 is 1.74 bits per heavy atom. The number of hydrogen-bond acceptors (Lipinski definition) is 4. The Morgan fingerprint density at radius 3 is 2.30 bits per heavy atom. The Hall–Kier alpha value is -1.18. The second kappa shape index (κ2) is 7.59. The molecule has 0 N–H and O–H groups in total. The van der Waals surface area contributed by atoms with Gasteiger partial charge in [0, 0.05) is 29.5 Å². The van der Waals surface area contributed by atoms with Gasteiger partial charge >= 0.3 is 0 Å². The molecule has 2 saturated heterocycles. The number of thioether (sulfide) groups is 1. The number of likely N-dealkylation sites (tertiary alicyclic amines) is 1. The van der Waals surface area contributed by atoms with E-state index in [-0.39, 0.29) is 12.2 Å². The molecule has 2 aliphatic rings. The second-order valence-corrected chi connectivity index (χ2v) is 6.71. The molecule has 3 rings (SSSR count). The van der Waals surface area contributed by atoms with Crippen molar-refractivity contribution in [2.45, 2.75) is 29.8 Å². The number of carbonyl (C=O) groups excluding carboxylic acids is 1. The van der Waals surface area contributed by atoms with Crippen LogP contribution < -0.4 is 0 Å². The predicted octanol–water partition coefficient (Wildman–Crippen LogP) is 3.23. The first-order valence-electron chi connectivity index (χ1n) is 7.71. The average molecular weight is 343 g/mol. The molecule has 7 heteroatoms. The Labute approximate surface area is 138 Å². The number of amides is 1. The summed E-state index contributed by atoms with van der Waals surface area (Å²) in [6, 6.07) is 6.36. The van der Waals surface area contributed by atoms with Gasteiger partial charge in [-0.3, -0.25) is 4.79 Å². The molecule has 23 heavy (non-hydrogen) atoms. The minimum atomic E-state index is -2.45. The van der Waals surface area contributed by atoms with Crippen LogP contribution in [0.5, 0.6) is 0 Å². The topological polar surface area (TPSA) is 38.8 Å². The van der Waals surface area contributed by atoms with Gasteiger partial charge in [0.05, 0.1) is 13.2 Å². The Balaban J connectivity index is 1.54. The lowest BCUT2D eigenvalue weighted by Crippen LogP contribution is -2.41. The van der Waals surface area contributed by atoms with Gasteiger partial charge in [-0.15, -0.1) is 0 Å². The second-order valence-electron chi connectivity index (χ2n) is 5.64. The smallest absolute Gasteiger partial charge is 0.288 e. The monoisotopic (exact) mass is 343 g/mol. The van der Waals surface area contributed by atoms with E-state index in [1.165, 1.54) is 0 Å². The number of halogens is 2. The van der Waals surface area contributed by atoms with Crippen molar-refractivity contribution in [2.24, 2.45) is 5.92 Å². The van der Waals surface area contributed by atoms with Crippen molar-refractivity contribution in [3.8, 4) is 0 Å². The van der Waals surface area contributed by atoms with E-state index in [1.54, 1.807) is 29.2 Å². The summed E-state index contributed by atoms with van der Waals surface area (Å²) in [6.07, 6.45) is 1.59. The number of ether oxygens (including phenoxy) is 2. The first-order valence-corrected chi connectivity index (χ1v) is 8.59. The number of carbonyl (C=O) groups is 1. The highest BCUT2D eigenvalue weighted by Gasteiger charge is 2.31. The van der Waals surface area contributed by atoms with Gasteiger partial charge < -0.3 is 14.4 Å². The highest BCUT2D eigenvalue weighted by atomic mass is 32.2. The number of rotatable bonds is 4. The van der Waals surface area contributed by atoms with Crippen LogP contribution in [-0.2, 0) is 9.47 Å². The van der Waals surface area contributed by atoms with Crippen molar-refractivity contribution in [1.82, 2.24) is 4.90 Å². The maximum absolute atomic E-state index is 12.5. The van der Waals surface area contributed by atoms with E-state index >= 15 is 0 Å². The number of nitrogens with zero attached hydrogens (tertiary/aromatic N) is 1. The van der Waals surface area contributed by atoms with Crippen LogP contribution in [-0.4, -0.2) is 49.2 Å². The van der Waals surface area contributed by atoms with Gasteiger partial charge in [-0.2, -0.15) is 8.78 Å². The molecule has 0 bridgehead atoms. The van der Waals surface area contributed by atoms with Gasteiger partial charge in [-0.05, 0) is 37.1 Å². The first-order chi connectivity index (χ1) is 11.1. The molecule has 4 nitrogen and oxygen atoms in total. The molecule has 1 aromatic carbocycles. The maximum Gasteiger partial charge on any atom is 0.288 e. The van der Waals surface area contributed by atoms with E-state index in [2.05, 4.69) is 0 Å². The number of benzene rings is 1. The molecule has 2 heterocycles. The average Bonchev–Trinajstić information content (AvgIpc) is 3.09. The summed E-state index contributed by atoms with van der Waals surface area (Å²) in [6.45, 7) is 2.63. The number of piperidine rings is 1. The molecule has 2 fully saturated rings. The first kappa shape index (κ1) is 16.7. The van der Waals surface area contributed by atoms with Crippen LogP contribution >= 0.6 is 11.8 Å². The maximum atomic E-state index is 12.5. The van der Waals surface area contributed by atoms with Gasteiger partial charge in [0.25, 0.3) is 11.7 Å². The zero-order chi connectivity index (χ0) is 16.2. The van der Waals surface area contributed by atoms with Gasteiger partial charge in [-0.25, -0.2) is 0 Å². The molecule has 0 atom stereocenters. The Kier molecular flexibility index (Phi) is 5.50. The fourth-order valence-corrected chi connectivity index (χ4v) is 3.48. The van der Waals surface area contributed by atoms with Crippen LogP contribution in [0.3, 0.4) is 0 Å². The standard InChI is InChI=1S/C16H19F2NO3S/c17-16(18)23-13-3-1-11(2-4-13)14(20)19-7-5-12(6-8-19)15-21-9-10-22-15/h1-4,12,15-16H,5-10H2. The van der Waals surface area contributed by atoms with Crippen LogP contribution in [0.15, 0.2) is 29.2 Å². The van der Waals surface area contributed by atoms with E-state index in [1.807, 2.05) is 0 Å². The molecule has 0 saturated carbocycles. The van der Waals surface area contributed by atoms with Crippen molar-refractivity contribution in [3.63, 3.8) is 0 Å². The van der Waals surface area contributed by atoms with E-state index < -0.39 is 5.76 Å². The van der Waals surface area contributed by atoms with Crippen molar-refractivity contribution in [3.05, 3.63) is 29.8 Å². The van der Waals surface area contributed by atoms with Crippen LogP contribution in [0.1, 0.15) is 23.2 Å². The summed E-state index contributed by atoms with van der Waals surface area (Å²) in [7, 11) is 0. The van der Waals surface area contributed by atoms with E-state index in [4.69, 9.17) is 9.47 Å². The summed E-state index contributed by atoms with van der Waals surface area (Å²) in [5.41, 5.74) is 0.537. The van der Waals surface area contributed by atoms with Gasteiger partial charge in [0.1, 0.15) is 0 Å². The predicted molar refractivity (Wildman–Crippen MR) is 82.6 cm³/mol. The molecular weight excluding hydrogens is 324 g/mol. The normalized spacial score (nSPS) is 20.4. The molecule has 2 aliphatic heterocycles. The molecular formula is C16H19F2NO3S. The van der Waals surface area contributed by atoms with Crippen molar-refractivity contribution < 1.29 is 23.0 Å². The SMILES string of the molecule is O=C(c1ccc(SC(F)F)cc1)N1CCC(C2OCCO2)CC1. The molecule has 0 aliphatic carbocycles. The molecule has 0 radical (unpaired) electrons. The molecule has 0 spiro atoms. The summed E-state index contributed by atoms with van der Waals surface area (Å²) in [5.74, 6) is -2.16. The molecule has 0 unspecified atom stereocenters. The molecule has 1 amide bonds. The molecule has 126 valence electrons. The highest BCUT2D eigenvalue weighted by molar-refractivity contribution is 7.99. The number of alkyl halides is 2. The Bertz CT molecular complexity index is 527. The third-order valence-corrected chi connectivity index (χ3v) is 4.91. The zero-order valence-electron chi connectivity index (χ0n) is 12.6. The third-order valence-electron chi connectivity index (χ3n) is 4.19. The third kappa shape index (κ3) is 4.22. The van der Waals surface area contributed by atoms with Crippen LogP contribution in [0.4, 0.5) is 8.78 Å². The van der Waals surface area contributed by atoms with Gasteiger partial charge in [-0.1, -0.05) is 11.8 Å². The summed E-state index contributed by atoms with van der Waals surface area (Å²) < 4.78 is 35.7. The summed E-state index contributed by atoms with van der Waals surface area (Å²) in [4.78, 5) is 14.7. The molecule has 1 aromatic rings. The van der Waals surface area contributed by atoms with Crippen molar-refractivity contribution in [2.75, 3.05) is 26.3 Å². The minimum Gasteiger partial charge on any atom is -0.350 e. The lowest BCUT2D eigenvalue weighted by molar-refractivity contribution is -0.0956.